The predicted molar refractivity (Wildman–Crippen MR) is 148 cm³/mol. The quantitative estimate of drug-likeness (QED) is 0.342. The Bertz CT molecular complexity index is 1230. The Labute approximate surface area is 222 Å². The Morgan fingerprint density at radius 1 is 1.00 bits per heavy atom. The lowest BCUT2D eigenvalue weighted by Gasteiger charge is -2.21. The molecule has 9 heteroatoms. The van der Waals surface area contributed by atoms with Crippen molar-refractivity contribution in [3.8, 4) is 5.69 Å². The van der Waals surface area contributed by atoms with Crippen LogP contribution in [0.1, 0.15) is 58.7 Å². The number of amides is 3. The van der Waals surface area contributed by atoms with E-state index >= 15 is 0 Å². The zero-order valence-electron chi connectivity index (χ0n) is 21.5. The fourth-order valence-electron chi connectivity index (χ4n) is 3.49. The maximum atomic E-state index is 13.0. The lowest BCUT2D eigenvalue weighted by atomic mass is 9.92. The molecule has 3 aromatic rings. The molecule has 1 aromatic heterocycles. The summed E-state index contributed by atoms with van der Waals surface area (Å²) < 4.78 is 1.62. The zero-order chi connectivity index (χ0) is 26.6. The number of rotatable bonds is 7. The summed E-state index contributed by atoms with van der Waals surface area (Å²) in [7, 11) is 0. The lowest BCUT2D eigenvalue weighted by molar-refractivity contribution is -0.116. The molecule has 2 N–H and O–H groups in total. The highest BCUT2D eigenvalue weighted by Crippen LogP contribution is 2.29. The molecule has 192 valence electrons. The van der Waals surface area contributed by atoms with E-state index in [0.29, 0.717) is 39.7 Å². The van der Waals surface area contributed by atoms with Crippen molar-refractivity contribution in [1.82, 2.24) is 14.7 Å². The molecule has 0 saturated carbocycles. The monoisotopic (exact) mass is 529 g/mol. The molecule has 0 aliphatic carbocycles. The summed E-state index contributed by atoms with van der Waals surface area (Å²) in [5.74, 6) is 0.537. The van der Waals surface area contributed by atoms with Gasteiger partial charge < -0.3 is 15.5 Å². The van der Waals surface area contributed by atoms with Gasteiger partial charge in [0.25, 0.3) is 0 Å². The maximum absolute atomic E-state index is 13.0. The van der Waals surface area contributed by atoms with Gasteiger partial charge in [0.15, 0.2) is 0 Å². The standard InChI is InChI=1S/C27H33Cl2N5O2/c1-7-33(26(36)30-19-10-8-18(9-11-19)17(2)3)16-25(35)31-24-15-23(27(4,5)6)32-34(24)20-12-13-21(28)22(29)14-20/h8-15,17H,7,16H2,1-6H3,(H,30,36)(H,31,35). The molecule has 0 aliphatic heterocycles. The van der Waals surface area contributed by atoms with Crippen LogP contribution in [-0.4, -0.2) is 39.7 Å². The van der Waals surface area contributed by atoms with Crippen molar-refractivity contribution >= 4 is 46.6 Å². The summed E-state index contributed by atoms with van der Waals surface area (Å²) in [6, 6.07) is 14.3. The van der Waals surface area contributed by atoms with E-state index in [1.54, 1.807) is 22.9 Å². The number of benzene rings is 2. The number of hydrogen-bond donors (Lipinski definition) is 2. The molecule has 0 unspecified atom stereocenters. The first-order chi connectivity index (χ1) is 16.9. The molecule has 1 heterocycles. The Kier molecular flexibility index (Phi) is 8.69. The van der Waals surface area contributed by atoms with Crippen molar-refractivity contribution in [2.45, 2.75) is 52.9 Å². The van der Waals surface area contributed by atoms with E-state index in [1.165, 1.54) is 10.5 Å². The second kappa shape index (κ2) is 11.4. The van der Waals surface area contributed by atoms with E-state index in [2.05, 4.69) is 24.5 Å². The number of carbonyl (C=O) groups is 2. The van der Waals surface area contributed by atoms with Gasteiger partial charge in [-0.1, -0.05) is 70.0 Å². The van der Waals surface area contributed by atoms with Crippen LogP contribution in [0.3, 0.4) is 0 Å². The van der Waals surface area contributed by atoms with Crippen molar-refractivity contribution in [2.24, 2.45) is 0 Å². The van der Waals surface area contributed by atoms with Gasteiger partial charge in [0.1, 0.15) is 12.4 Å². The number of halogens is 2. The topological polar surface area (TPSA) is 79.3 Å². The van der Waals surface area contributed by atoms with E-state index in [0.717, 1.165) is 5.69 Å². The third-order valence-electron chi connectivity index (χ3n) is 5.73. The Morgan fingerprint density at radius 2 is 1.67 bits per heavy atom. The van der Waals surface area contributed by atoms with Gasteiger partial charge in [0.05, 0.1) is 21.4 Å². The molecule has 3 rings (SSSR count). The van der Waals surface area contributed by atoms with Gasteiger partial charge in [-0.2, -0.15) is 5.10 Å². The summed E-state index contributed by atoms with van der Waals surface area (Å²) in [6.45, 7) is 12.4. The van der Waals surface area contributed by atoms with Gasteiger partial charge in [0.2, 0.25) is 5.91 Å². The first-order valence-electron chi connectivity index (χ1n) is 11.9. The van der Waals surface area contributed by atoms with Gasteiger partial charge in [-0.15, -0.1) is 0 Å². The molecule has 36 heavy (non-hydrogen) atoms. The number of likely N-dealkylation sites (N-methyl/N-ethyl adjacent to an activating group) is 1. The number of nitrogens with one attached hydrogen (secondary N) is 2. The van der Waals surface area contributed by atoms with Crippen molar-refractivity contribution in [1.29, 1.82) is 0 Å². The Morgan fingerprint density at radius 3 is 2.22 bits per heavy atom. The van der Waals surface area contributed by atoms with Crippen LogP contribution in [0.15, 0.2) is 48.5 Å². The van der Waals surface area contributed by atoms with Crippen molar-refractivity contribution in [3.63, 3.8) is 0 Å². The van der Waals surface area contributed by atoms with Crippen LogP contribution in [0, 0.1) is 0 Å². The SMILES string of the molecule is CCN(CC(=O)Nc1cc(C(C)(C)C)nn1-c1ccc(Cl)c(Cl)c1)C(=O)Nc1ccc(C(C)C)cc1. The Balaban J connectivity index is 1.76. The number of carbonyl (C=O) groups excluding carboxylic acids is 2. The number of anilines is 2. The average molecular weight is 531 g/mol. The van der Waals surface area contributed by atoms with Gasteiger partial charge in [-0.3, -0.25) is 4.79 Å². The molecule has 0 bridgehead atoms. The van der Waals surface area contributed by atoms with Crippen LogP contribution in [0.5, 0.6) is 0 Å². The van der Waals surface area contributed by atoms with E-state index in [9.17, 15) is 9.59 Å². The van der Waals surface area contributed by atoms with Gasteiger partial charge in [0, 0.05) is 23.7 Å². The molecule has 0 fully saturated rings. The minimum absolute atomic E-state index is 0.121. The molecule has 7 nitrogen and oxygen atoms in total. The molecule has 0 saturated heterocycles. The maximum Gasteiger partial charge on any atom is 0.322 e. The van der Waals surface area contributed by atoms with Crippen LogP contribution in [0.25, 0.3) is 5.69 Å². The lowest BCUT2D eigenvalue weighted by Crippen LogP contribution is -2.40. The highest BCUT2D eigenvalue weighted by Gasteiger charge is 2.23. The van der Waals surface area contributed by atoms with E-state index in [1.807, 2.05) is 58.0 Å². The third-order valence-corrected chi connectivity index (χ3v) is 6.46. The van der Waals surface area contributed by atoms with Crippen LogP contribution < -0.4 is 10.6 Å². The molecular formula is C27H33Cl2N5O2. The average Bonchev–Trinajstić information content (AvgIpc) is 3.23. The van der Waals surface area contributed by atoms with Gasteiger partial charge in [-0.05, 0) is 48.7 Å². The number of hydrogen-bond acceptors (Lipinski definition) is 3. The highest BCUT2D eigenvalue weighted by molar-refractivity contribution is 6.42. The van der Waals surface area contributed by atoms with E-state index in [4.69, 9.17) is 28.3 Å². The summed E-state index contributed by atoms with van der Waals surface area (Å²) in [5, 5.41) is 11.3. The molecule has 0 atom stereocenters. The Hall–Kier alpha value is -3.03. The van der Waals surface area contributed by atoms with Crippen LogP contribution in [0.2, 0.25) is 10.0 Å². The van der Waals surface area contributed by atoms with Gasteiger partial charge in [-0.25, -0.2) is 9.48 Å². The van der Waals surface area contributed by atoms with Gasteiger partial charge >= 0.3 is 6.03 Å². The van der Waals surface area contributed by atoms with Crippen molar-refractivity contribution in [2.75, 3.05) is 23.7 Å². The van der Waals surface area contributed by atoms with Crippen LogP contribution >= 0.6 is 23.2 Å². The predicted octanol–water partition coefficient (Wildman–Crippen LogP) is 7.09. The number of nitrogens with zero attached hydrogens (tertiary/aromatic N) is 3. The zero-order valence-corrected chi connectivity index (χ0v) is 23.0. The largest absolute Gasteiger partial charge is 0.322 e. The normalized spacial score (nSPS) is 11.5. The summed E-state index contributed by atoms with van der Waals surface area (Å²) in [6.07, 6.45) is 0. The first-order valence-corrected chi connectivity index (χ1v) is 12.7. The van der Waals surface area contributed by atoms with Crippen molar-refractivity contribution in [3.05, 3.63) is 69.8 Å². The smallest absolute Gasteiger partial charge is 0.315 e. The van der Waals surface area contributed by atoms with Crippen LogP contribution in [-0.2, 0) is 10.2 Å². The highest BCUT2D eigenvalue weighted by atomic mass is 35.5. The molecule has 3 amide bonds. The molecular weight excluding hydrogens is 497 g/mol. The summed E-state index contributed by atoms with van der Waals surface area (Å²) in [5.41, 5.74) is 3.06. The second-order valence-electron chi connectivity index (χ2n) is 9.94. The molecule has 0 spiro atoms. The number of aromatic nitrogens is 2. The summed E-state index contributed by atoms with van der Waals surface area (Å²) >= 11 is 12.3. The molecule has 0 radical (unpaired) electrons. The molecule has 0 aliphatic rings. The van der Waals surface area contributed by atoms with Crippen LogP contribution in [0.4, 0.5) is 16.3 Å². The minimum Gasteiger partial charge on any atom is -0.315 e. The fraction of sp³-hybridized carbons (Fsp3) is 0.370. The third kappa shape index (κ3) is 6.80. The van der Waals surface area contributed by atoms with Crippen molar-refractivity contribution < 1.29 is 9.59 Å². The van der Waals surface area contributed by atoms with E-state index < -0.39 is 0 Å². The molecule has 2 aromatic carbocycles. The van der Waals surface area contributed by atoms with E-state index in [-0.39, 0.29) is 23.9 Å². The first kappa shape index (κ1) is 27.6. The minimum atomic E-state index is -0.349. The number of urea groups is 1. The summed E-state index contributed by atoms with van der Waals surface area (Å²) in [4.78, 5) is 27.3. The second-order valence-corrected chi connectivity index (χ2v) is 10.8. The fourth-order valence-corrected chi connectivity index (χ4v) is 3.78.